The quantitative estimate of drug-likeness (QED) is 0.687. The van der Waals surface area contributed by atoms with Crippen molar-refractivity contribution in [1.82, 2.24) is 5.32 Å². The minimum atomic E-state index is -0.696. The van der Waals surface area contributed by atoms with Crippen molar-refractivity contribution in [2.75, 3.05) is 19.8 Å². The second-order valence-corrected chi connectivity index (χ2v) is 5.82. The first kappa shape index (κ1) is 17.5. The number of hydrogen-bond donors (Lipinski definition) is 3. The molecule has 1 rings (SSSR count). The molecule has 0 aliphatic rings. The third-order valence-corrected chi connectivity index (χ3v) is 3.49. The Labute approximate surface area is 129 Å². The number of benzene rings is 1. The first-order valence-electron chi connectivity index (χ1n) is 6.54. The van der Waals surface area contributed by atoms with Crippen molar-refractivity contribution in [1.29, 1.82) is 0 Å². The Hall–Kier alpha value is -0.520. The van der Waals surface area contributed by atoms with Gasteiger partial charge in [-0.3, -0.25) is 0 Å². The summed E-state index contributed by atoms with van der Waals surface area (Å²) >= 11 is 11.8. The first-order chi connectivity index (χ1) is 9.43. The van der Waals surface area contributed by atoms with Gasteiger partial charge < -0.3 is 20.3 Å². The van der Waals surface area contributed by atoms with Crippen LogP contribution in [0.5, 0.6) is 5.75 Å². The van der Waals surface area contributed by atoms with E-state index in [1.54, 1.807) is 18.2 Å². The SMILES string of the molecule is CC(C)C(CO)NCC(O)COc1cc(Cl)ccc1Cl. The average molecular weight is 322 g/mol. The van der Waals surface area contributed by atoms with Crippen LogP contribution in [0.4, 0.5) is 0 Å². The molecular weight excluding hydrogens is 301 g/mol. The number of aliphatic hydroxyl groups is 2. The van der Waals surface area contributed by atoms with Crippen LogP contribution >= 0.6 is 23.2 Å². The van der Waals surface area contributed by atoms with Crippen LogP contribution in [-0.4, -0.2) is 42.1 Å². The molecule has 0 aromatic heterocycles. The van der Waals surface area contributed by atoms with Crippen LogP contribution in [-0.2, 0) is 0 Å². The van der Waals surface area contributed by atoms with Crippen molar-refractivity contribution < 1.29 is 14.9 Å². The lowest BCUT2D eigenvalue weighted by atomic mass is 10.1. The van der Waals surface area contributed by atoms with Crippen LogP contribution in [0, 0.1) is 5.92 Å². The highest BCUT2D eigenvalue weighted by Crippen LogP contribution is 2.27. The Kier molecular flexibility index (Phi) is 7.62. The van der Waals surface area contributed by atoms with Crippen molar-refractivity contribution in [2.24, 2.45) is 5.92 Å². The Morgan fingerprint density at radius 3 is 2.60 bits per heavy atom. The number of rotatable bonds is 8. The van der Waals surface area contributed by atoms with Gasteiger partial charge in [0, 0.05) is 23.7 Å². The Bertz CT molecular complexity index is 415. The second-order valence-electron chi connectivity index (χ2n) is 4.98. The normalized spacial score (nSPS) is 14.3. The van der Waals surface area contributed by atoms with E-state index in [9.17, 15) is 10.2 Å². The summed E-state index contributed by atoms with van der Waals surface area (Å²) in [7, 11) is 0. The van der Waals surface area contributed by atoms with Crippen LogP contribution in [0.1, 0.15) is 13.8 Å². The van der Waals surface area contributed by atoms with Gasteiger partial charge in [0.05, 0.1) is 11.6 Å². The van der Waals surface area contributed by atoms with Crippen molar-refractivity contribution >= 4 is 23.2 Å². The van der Waals surface area contributed by atoms with E-state index in [1.165, 1.54) is 0 Å². The molecule has 4 nitrogen and oxygen atoms in total. The third kappa shape index (κ3) is 5.85. The monoisotopic (exact) mass is 321 g/mol. The maximum atomic E-state index is 9.85. The van der Waals surface area contributed by atoms with Gasteiger partial charge >= 0.3 is 0 Å². The standard InChI is InChI=1S/C14H21Cl2NO3/c1-9(2)13(7-18)17-6-11(19)8-20-14-5-10(15)3-4-12(14)16/h3-5,9,11,13,17-19H,6-8H2,1-2H3. The predicted molar refractivity (Wildman–Crippen MR) is 81.7 cm³/mol. The van der Waals surface area contributed by atoms with Crippen LogP contribution in [0.15, 0.2) is 18.2 Å². The molecule has 0 radical (unpaired) electrons. The van der Waals surface area contributed by atoms with Crippen LogP contribution in [0.2, 0.25) is 10.0 Å². The van der Waals surface area contributed by atoms with Crippen LogP contribution < -0.4 is 10.1 Å². The maximum Gasteiger partial charge on any atom is 0.139 e. The van der Waals surface area contributed by atoms with Gasteiger partial charge in [-0.25, -0.2) is 0 Å². The summed E-state index contributed by atoms with van der Waals surface area (Å²) in [6.07, 6.45) is -0.696. The fourth-order valence-electron chi connectivity index (χ4n) is 1.63. The minimum Gasteiger partial charge on any atom is -0.489 e. The molecule has 0 spiro atoms. The summed E-state index contributed by atoms with van der Waals surface area (Å²) in [4.78, 5) is 0. The molecule has 6 heteroatoms. The van der Waals surface area contributed by atoms with Gasteiger partial charge in [-0.2, -0.15) is 0 Å². The van der Waals surface area contributed by atoms with E-state index in [2.05, 4.69) is 5.32 Å². The maximum absolute atomic E-state index is 9.85. The summed E-state index contributed by atoms with van der Waals surface area (Å²) < 4.78 is 5.44. The van der Waals surface area contributed by atoms with E-state index in [0.29, 0.717) is 22.3 Å². The zero-order valence-corrected chi connectivity index (χ0v) is 13.2. The highest BCUT2D eigenvalue weighted by Gasteiger charge is 2.14. The topological polar surface area (TPSA) is 61.7 Å². The summed E-state index contributed by atoms with van der Waals surface area (Å²) in [5.41, 5.74) is 0. The zero-order valence-electron chi connectivity index (χ0n) is 11.6. The molecule has 2 unspecified atom stereocenters. The van der Waals surface area contributed by atoms with Gasteiger partial charge in [0.1, 0.15) is 18.5 Å². The van der Waals surface area contributed by atoms with Crippen molar-refractivity contribution in [3.05, 3.63) is 28.2 Å². The van der Waals surface area contributed by atoms with Gasteiger partial charge in [0.25, 0.3) is 0 Å². The smallest absolute Gasteiger partial charge is 0.139 e. The summed E-state index contributed by atoms with van der Waals surface area (Å²) in [5.74, 6) is 0.733. The van der Waals surface area contributed by atoms with Crippen molar-refractivity contribution in [3.8, 4) is 5.75 Å². The molecule has 114 valence electrons. The Morgan fingerprint density at radius 1 is 1.30 bits per heavy atom. The Balaban J connectivity index is 2.39. The molecule has 0 saturated carbocycles. The number of hydrogen-bond acceptors (Lipinski definition) is 4. The van der Waals surface area contributed by atoms with Gasteiger partial charge in [0.15, 0.2) is 0 Å². The molecular formula is C14H21Cl2NO3. The fraction of sp³-hybridized carbons (Fsp3) is 0.571. The third-order valence-electron chi connectivity index (χ3n) is 2.94. The van der Waals surface area contributed by atoms with Gasteiger partial charge in [-0.15, -0.1) is 0 Å². The molecule has 1 aromatic rings. The van der Waals surface area contributed by atoms with Gasteiger partial charge in [-0.05, 0) is 18.1 Å². The van der Waals surface area contributed by atoms with E-state index < -0.39 is 6.10 Å². The zero-order chi connectivity index (χ0) is 15.1. The summed E-state index contributed by atoms with van der Waals surface area (Å²) in [6, 6.07) is 4.88. The van der Waals surface area contributed by atoms with E-state index in [4.69, 9.17) is 27.9 Å². The minimum absolute atomic E-state index is 0.0331. The van der Waals surface area contributed by atoms with Gasteiger partial charge in [-0.1, -0.05) is 37.0 Å². The molecule has 0 fully saturated rings. The average Bonchev–Trinajstić information content (AvgIpc) is 2.40. The summed E-state index contributed by atoms with van der Waals surface area (Å²) in [5, 5.41) is 23.1. The largest absolute Gasteiger partial charge is 0.489 e. The second kappa shape index (κ2) is 8.70. The highest BCUT2D eigenvalue weighted by atomic mass is 35.5. The molecule has 0 aliphatic heterocycles. The van der Waals surface area contributed by atoms with E-state index in [-0.39, 0.29) is 25.2 Å². The van der Waals surface area contributed by atoms with Crippen LogP contribution in [0.3, 0.4) is 0 Å². The lowest BCUT2D eigenvalue weighted by Crippen LogP contribution is -2.42. The molecule has 20 heavy (non-hydrogen) atoms. The lowest BCUT2D eigenvalue weighted by Gasteiger charge is -2.22. The molecule has 0 bridgehead atoms. The number of halogens is 2. The van der Waals surface area contributed by atoms with Crippen molar-refractivity contribution in [3.63, 3.8) is 0 Å². The predicted octanol–water partition coefficient (Wildman–Crippen LogP) is 2.34. The number of aliphatic hydroxyl groups excluding tert-OH is 2. The van der Waals surface area contributed by atoms with Crippen molar-refractivity contribution in [2.45, 2.75) is 26.0 Å². The summed E-state index contributed by atoms with van der Waals surface area (Å²) in [6.45, 7) is 4.47. The highest BCUT2D eigenvalue weighted by molar-refractivity contribution is 6.34. The molecule has 0 amide bonds. The number of ether oxygens (including phenoxy) is 1. The number of nitrogens with one attached hydrogen (secondary N) is 1. The molecule has 0 aliphatic carbocycles. The Morgan fingerprint density at radius 2 is 2.00 bits per heavy atom. The van der Waals surface area contributed by atoms with E-state index in [1.807, 2.05) is 13.8 Å². The molecule has 2 atom stereocenters. The van der Waals surface area contributed by atoms with Gasteiger partial charge in [0.2, 0.25) is 0 Å². The van der Waals surface area contributed by atoms with Crippen LogP contribution in [0.25, 0.3) is 0 Å². The fourth-order valence-corrected chi connectivity index (χ4v) is 1.97. The first-order valence-corrected chi connectivity index (χ1v) is 7.29. The molecule has 0 heterocycles. The molecule has 3 N–H and O–H groups in total. The lowest BCUT2D eigenvalue weighted by molar-refractivity contribution is 0.0962. The molecule has 1 aromatic carbocycles. The van der Waals surface area contributed by atoms with E-state index >= 15 is 0 Å². The molecule has 0 saturated heterocycles. The van der Waals surface area contributed by atoms with E-state index in [0.717, 1.165) is 0 Å².